The number of nitrogens with zero attached hydrogens (tertiary/aromatic N) is 3. The number of aliphatic hydroxyl groups is 1. The summed E-state index contributed by atoms with van der Waals surface area (Å²) in [5.41, 5.74) is 1.48. The molecule has 0 bridgehead atoms. The van der Waals surface area contributed by atoms with Crippen molar-refractivity contribution in [3.05, 3.63) is 17.5 Å². The molecule has 1 N–H and O–H groups in total. The van der Waals surface area contributed by atoms with E-state index >= 15 is 0 Å². The summed E-state index contributed by atoms with van der Waals surface area (Å²) in [4.78, 5) is 13.8. The van der Waals surface area contributed by atoms with E-state index in [1.807, 2.05) is 14.0 Å². The quantitative estimate of drug-likeness (QED) is 0.827. The molecule has 96 valence electrons. The lowest BCUT2D eigenvalue weighted by molar-refractivity contribution is 0.0768. The first kappa shape index (κ1) is 13.7. The highest BCUT2D eigenvalue weighted by Gasteiger charge is 2.18. The normalized spacial score (nSPS) is 12.5. The zero-order valence-corrected chi connectivity index (χ0v) is 11.0. The molecule has 0 aliphatic heterocycles. The predicted octanol–water partition coefficient (Wildman–Crippen LogP) is 0.825. The molecule has 1 aromatic rings. The first-order valence-electron chi connectivity index (χ1n) is 5.91. The molecular weight excluding hydrogens is 218 g/mol. The maximum atomic E-state index is 12.1. The van der Waals surface area contributed by atoms with Crippen molar-refractivity contribution in [2.75, 3.05) is 13.6 Å². The number of carbonyl (C=O) groups is 1. The molecule has 0 spiro atoms. The Morgan fingerprint density at radius 2 is 2.29 bits per heavy atom. The van der Waals surface area contributed by atoms with Gasteiger partial charge in [0.2, 0.25) is 0 Å². The minimum atomic E-state index is -0.384. The zero-order chi connectivity index (χ0) is 13.0. The molecule has 5 nitrogen and oxygen atoms in total. The number of hydrogen-bond donors (Lipinski definition) is 1. The van der Waals surface area contributed by atoms with E-state index in [0.29, 0.717) is 18.5 Å². The molecule has 1 atom stereocenters. The van der Waals surface area contributed by atoms with E-state index in [9.17, 15) is 9.90 Å². The molecule has 1 heterocycles. The third-order valence-corrected chi connectivity index (χ3v) is 2.70. The smallest absolute Gasteiger partial charge is 0.257 e. The van der Waals surface area contributed by atoms with Crippen molar-refractivity contribution < 1.29 is 9.90 Å². The van der Waals surface area contributed by atoms with Crippen LogP contribution in [0.1, 0.15) is 36.3 Å². The van der Waals surface area contributed by atoms with E-state index in [1.165, 1.54) is 0 Å². The van der Waals surface area contributed by atoms with E-state index in [0.717, 1.165) is 12.1 Å². The summed E-state index contributed by atoms with van der Waals surface area (Å²) in [5.74, 6) is -0.0319. The van der Waals surface area contributed by atoms with Crippen molar-refractivity contribution in [2.45, 2.75) is 32.8 Å². The van der Waals surface area contributed by atoms with Crippen molar-refractivity contribution in [3.63, 3.8) is 0 Å². The van der Waals surface area contributed by atoms with Crippen molar-refractivity contribution in [1.29, 1.82) is 0 Å². The van der Waals surface area contributed by atoms with Gasteiger partial charge in [0.1, 0.15) is 0 Å². The van der Waals surface area contributed by atoms with Crippen LogP contribution in [0.3, 0.4) is 0 Å². The Labute approximate surface area is 102 Å². The largest absolute Gasteiger partial charge is 0.393 e. The number of aryl methyl sites for hydroxylation is 2. The van der Waals surface area contributed by atoms with Crippen LogP contribution in [0.25, 0.3) is 0 Å². The fourth-order valence-electron chi connectivity index (χ4n) is 1.66. The van der Waals surface area contributed by atoms with Gasteiger partial charge in [-0.25, -0.2) is 0 Å². The average Bonchev–Trinajstić information content (AvgIpc) is 2.66. The molecule has 1 aromatic heterocycles. The van der Waals surface area contributed by atoms with Crippen LogP contribution in [0.15, 0.2) is 6.20 Å². The Morgan fingerprint density at radius 1 is 1.65 bits per heavy atom. The molecule has 1 amide bonds. The Morgan fingerprint density at radius 3 is 2.82 bits per heavy atom. The van der Waals surface area contributed by atoms with Crippen LogP contribution in [0.5, 0.6) is 0 Å². The molecule has 0 saturated heterocycles. The van der Waals surface area contributed by atoms with Crippen LogP contribution < -0.4 is 0 Å². The maximum absolute atomic E-state index is 12.1. The van der Waals surface area contributed by atoms with Gasteiger partial charge in [-0.2, -0.15) is 5.10 Å². The van der Waals surface area contributed by atoms with Gasteiger partial charge < -0.3 is 10.0 Å². The summed E-state index contributed by atoms with van der Waals surface area (Å²) in [6, 6.07) is 0. The molecule has 0 radical (unpaired) electrons. The average molecular weight is 239 g/mol. The summed E-state index contributed by atoms with van der Waals surface area (Å²) in [7, 11) is 3.56. The number of aliphatic hydroxyl groups excluding tert-OH is 1. The van der Waals surface area contributed by atoms with E-state index in [2.05, 4.69) is 5.10 Å². The van der Waals surface area contributed by atoms with E-state index in [-0.39, 0.29) is 12.0 Å². The lowest BCUT2D eigenvalue weighted by Gasteiger charge is -2.17. The van der Waals surface area contributed by atoms with Crippen LogP contribution in [0.4, 0.5) is 0 Å². The standard InChI is InChI=1S/C12H21N3O2/c1-5-11-10(8-15(4)13-11)12(17)14(3)7-6-9(2)16/h8-9,16H,5-7H2,1-4H3. The Bertz CT molecular complexity index is 385. The van der Waals surface area contributed by atoms with Crippen LogP contribution in [-0.4, -0.2) is 45.4 Å². The van der Waals surface area contributed by atoms with E-state index in [4.69, 9.17) is 0 Å². The first-order chi connectivity index (χ1) is 7.95. The zero-order valence-electron chi connectivity index (χ0n) is 11.0. The van der Waals surface area contributed by atoms with Crippen molar-refractivity contribution in [2.24, 2.45) is 7.05 Å². The molecule has 0 aliphatic carbocycles. The van der Waals surface area contributed by atoms with Crippen LogP contribution >= 0.6 is 0 Å². The second-order valence-corrected chi connectivity index (χ2v) is 4.38. The topological polar surface area (TPSA) is 58.4 Å². The molecule has 1 unspecified atom stereocenters. The van der Waals surface area contributed by atoms with Crippen LogP contribution in [-0.2, 0) is 13.5 Å². The third kappa shape index (κ3) is 3.56. The number of aromatic nitrogens is 2. The molecule has 0 saturated carbocycles. The molecule has 0 aliphatic rings. The van der Waals surface area contributed by atoms with Crippen molar-refractivity contribution >= 4 is 5.91 Å². The monoisotopic (exact) mass is 239 g/mol. The molecule has 0 aromatic carbocycles. The minimum absolute atomic E-state index is 0.0319. The van der Waals surface area contributed by atoms with Crippen molar-refractivity contribution in [1.82, 2.24) is 14.7 Å². The van der Waals surface area contributed by atoms with Gasteiger partial charge in [0, 0.05) is 26.8 Å². The molecular formula is C12H21N3O2. The predicted molar refractivity (Wildman–Crippen MR) is 65.8 cm³/mol. The Hall–Kier alpha value is -1.36. The van der Waals surface area contributed by atoms with Gasteiger partial charge in [0.15, 0.2) is 0 Å². The SMILES string of the molecule is CCc1nn(C)cc1C(=O)N(C)CCC(C)O. The maximum Gasteiger partial charge on any atom is 0.257 e. The summed E-state index contributed by atoms with van der Waals surface area (Å²) in [5, 5.41) is 13.5. The van der Waals surface area contributed by atoms with Gasteiger partial charge in [0.05, 0.1) is 17.4 Å². The first-order valence-corrected chi connectivity index (χ1v) is 5.91. The van der Waals surface area contributed by atoms with Crippen LogP contribution in [0.2, 0.25) is 0 Å². The summed E-state index contributed by atoms with van der Waals surface area (Å²) >= 11 is 0. The summed E-state index contributed by atoms with van der Waals surface area (Å²) < 4.78 is 1.66. The Kier molecular flexibility index (Phi) is 4.69. The van der Waals surface area contributed by atoms with Crippen LogP contribution in [0, 0.1) is 0 Å². The Balaban J connectivity index is 2.74. The second-order valence-electron chi connectivity index (χ2n) is 4.38. The lowest BCUT2D eigenvalue weighted by Crippen LogP contribution is -2.29. The summed E-state index contributed by atoms with van der Waals surface area (Å²) in [6.45, 7) is 4.25. The fourth-order valence-corrected chi connectivity index (χ4v) is 1.66. The number of carbonyl (C=O) groups excluding carboxylic acids is 1. The van der Waals surface area contributed by atoms with Gasteiger partial charge in [-0.3, -0.25) is 9.48 Å². The number of rotatable bonds is 5. The third-order valence-electron chi connectivity index (χ3n) is 2.70. The van der Waals surface area contributed by atoms with Gasteiger partial charge in [-0.15, -0.1) is 0 Å². The number of amides is 1. The van der Waals surface area contributed by atoms with Gasteiger partial charge >= 0.3 is 0 Å². The lowest BCUT2D eigenvalue weighted by atomic mass is 10.2. The van der Waals surface area contributed by atoms with E-state index in [1.54, 1.807) is 29.7 Å². The van der Waals surface area contributed by atoms with E-state index < -0.39 is 0 Å². The molecule has 1 rings (SSSR count). The highest BCUT2D eigenvalue weighted by atomic mass is 16.3. The van der Waals surface area contributed by atoms with Gasteiger partial charge in [-0.05, 0) is 19.8 Å². The highest BCUT2D eigenvalue weighted by Crippen LogP contribution is 2.10. The minimum Gasteiger partial charge on any atom is -0.393 e. The van der Waals surface area contributed by atoms with Gasteiger partial charge in [-0.1, -0.05) is 6.92 Å². The van der Waals surface area contributed by atoms with Crippen molar-refractivity contribution in [3.8, 4) is 0 Å². The summed E-state index contributed by atoms with van der Waals surface area (Å²) in [6.07, 6.45) is 2.70. The number of hydrogen-bond acceptors (Lipinski definition) is 3. The van der Waals surface area contributed by atoms with Gasteiger partial charge in [0.25, 0.3) is 5.91 Å². The fraction of sp³-hybridized carbons (Fsp3) is 0.667. The highest BCUT2D eigenvalue weighted by molar-refractivity contribution is 5.94. The molecule has 17 heavy (non-hydrogen) atoms. The second kappa shape index (κ2) is 5.82. The molecule has 5 heteroatoms. The molecule has 0 fully saturated rings.